The lowest BCUT2D eigenvalue weighted by Crippen LogP contribution is -2.38. The van der Waals surface area contributed by atoms with E-state index in [9.17, 15) is 18.0 Å². The van der Waals surface area contributed by atoms with Crippen LogP contribution in [0.25, 0.3) is 10.2 Å². The molecule has 0 bridgehead atoms. The number of hydrogen-bond acceptors (Lipinski definition) is 7. The maximum atomic E-state index is 13.9. The van der Waals surface area contributed by atoms with Crippen LogP contribution in [0.2, 0.25) is 0 Å². The van der Waals surface area contributed by atoms with E-state index in [0.29, 0.717) is 17.1 Å². The third kappa shape index (κ3) is 5.79. The molecular formula is C28H31N3O6S2. The van der Waals surface area contributed by atoms with Crippen LogP contribution in [0, 0.1) is 13.8 Å². The van der Waals surface area contributed by atoms with Crippen LogP contribution in [0.15, 0.2) is 64.3 Å². The molecule has 1 aromatic heterocycles. The number of carbonyl (C=O) groups is 1. The van der Waals surface area contributed by atoms with Crippen molar-refractivity contribution in [3.63, 3.8) is 0 Å². The molecule has 0 atom stereocenters. The largest absolute Gasteiger partial charge is 0.493 e. The van der Waals surface area contributed by atoms with Gasteiger partial charge in [0.05, 0.1) is 35.0 Å². The second kappa shape index (κ2) is 11.1. The molecule has 0 aliphatic rings. The Kier molecular flexibility index (Phi) is 8.03. The van der Waals surface area contributed by atoms with E-state index in [1.54, 1.807) is 34.9 Å². The maximum Gasteiger partial charge on any atom is 0.308 e. The Bertz CT molecular complexity index is 1690. The summed E-state index contributed by atoms with van der Waals surface area (Å²) in [5, 5.41) is 2.79. The van der Waals surface area contributed by atoms with Gasteiger partial charge in [0.1, 0.15) is 6.54 Å². The Morgan fingerprint density at radius 2 is 1.64 bits per heavy atom. The summed E-state index contributed by atoms with van der Waals surface area (Å²) >= 11 is 1.10. The zero-order valence-electron chi connectivity index (χ0n) is 22.6. The van der Waals surface area contributed by atoms with Gasteiger partial charge in [-0.15, -0.1) is 0 Å². The first-order valence-electron chi connectivity index (χ1n) is 12.2. The van der Waals surface area contributed by atoms with Gasteiger partial charge in [0.15, 0.2) is 11.5 Å². The SMILES string of the molecule is COc1ccc(S(=O)(=O)N(CC(=O)Nc2ccc3c(c2)sc(=O)n3C(C)C)c2cc(C)cc(C)c2)cc1OC. The highest BCUT2D eigenvalue weighted by molar-refractivity contribution is 7.92. The summed E-state index contributed by atoms with van der Waals surface area (Å²) in [6, 6.07) is 14.9. The summed E-state index contributed by atoms with van der Waals surface area (Å²) < 4.78 is 41.9. The van der Waals surface area contributed by atoms with Crippen molar-refractivity contribution in [2.45, 2.75) is 38.6 Å². The Morgan fingerprint density at radius 3 is 2.26 bits per heavy atom. The predicted octanol–water partition coefficient (Wildman–Crippen LogP) is 5.11. The van der Waals surface area contributed by atoms with Gasteiger partial charge >= 0.3 is 4.87 Å². The molecule has 39 heavy (non-hydrogen) atoms. The number of thiazole rings is 1. The smallest absolute Gasteiger partial charge is 0.308 e. The number of nitrogens with one attached hydrogen (secondary N) is 1. The van der Waals surface area contributed by atoms with Crippen LogP contribution in [0.3, 0.4) is 0 Å². The normalized spacial score (nSPS) is 11.6. The number of nitrogens with zero attached hydrogens (tertiary/aromatic N) is 2. The van der Waals surface area contributed by atoms with Gasteiger partial charge in [0.25, 0.3) is 10.0 Å². The maximum absolute atomic E-state index is 13.9. The summed E-state index contributed by atoms with van der Waals surface area (Å²) in [6.45, 7) is 7.12. The average molecular weight is 570 g/mol. The van der Waals surface area contributed by atoms with Gasteiger partial charge in [-0.05, 0) is 81.3 Å². The molecule has 0 aliphatic carbocycles. The zero-order valence-corrected chi connectivity index (χ0v) is 24.3. The summed E-state index contributed by atoms with van der Waals surface area (Å²) in [7, 11) is -1.30. The number of carbonyl (C=O) groups excluding carboxylic acids is 1. The minimum atomic E-state index is -4.18. The van der Waals surface area contributed by atoms with Crippen molar-refractivity contribution >= 4 is 48.9 Å². The number of aromatic nitrogens is 1. The van der Waals surface area contributed by atoms with Crippen LogP contribution < -0.4 is 24.0 Å². The monoisotopic (exact) mass is 569 g/mol. The van der Waals surface area contributed by atoms with Gasteiger partial charge in [-0.2, -0.15) is 0 Å². The Labute approximate surface area is 231 Å². The van der Waals surface area contributed by atoms with Crippen molar-refractivity contribution in [1.29, 1.82) is 0 Å². The molecule has 4 rings (SSSR count). The molecule has 1 N–H and O–H groups in total. The quantitative estimate of drug-likeness (QED) is 0.300. The lowest BCUT2D eigenvalue weighted by atomic mass is 10.1. The lowest BCUT2D eigenvalue weighted by Gasteiger charge is -2.25. The Balaban J connectivity index is 1.70. The Hall–Kier alpha value is -3.83. The fraction of sp³-hybridized carbons (Fsp3) is 0.286. The van der Waals surface area contributed by atoms with Gasteiger partial charge in [0, 0.05) is 17.8 Å². The number of aryl methyl sites for hydroxylation is 2. The molecule has 1 amide bonds. The Morgan fingerprint density at radius 1 is 0.974 bits per heavy atom. The first-order chi connectivity index (χ1) is 18.4. The van der Waals surface area contributed by atoms with E-state index >= 15 is 0 Å². The second-order valence-electron chi connectivity index (χ2n) is 9.44. The molecular weight excluding hydrogens is 538 g/mol. The summed E-state index contributed by atoms with van der Waals surface area (Å²) in [6.07, 6.45) is 0. The number of amides is 1. The number of hydrogen-bond donors (Lipinski definition) is 1. The highest BCUT2D eigenvalue weighted by atomic mass is 32.2. The zero-order chi connectivity index (χ0) is 28.5. The van der Waals surface area contributed by atoms with E-state index in [1.807, 2.05) is 33.8 Å². The standard InChI is InChI=1S/C28H31N3O6S2/c1-17(2)31-23-9-7-20(14-26(23)38-28(31)33)29-27(32)16-30(21-12-18(3)11-19(4)13-21)39(34,35)22-8-10-24(36-5)25(15-22)37-6/h7-15,17H,16H2,1-6H3,(H,29,32). The average Bonchev–Trinajstić information content (AvgIpc) is 3.21. The van der Waals surface area contributed by atoms with E-state index in [2.05, 4.69) is 5.32 Å². The number of benzene rings is 3. The van der Waals surface area contributed by atoms with Gasteiger partial charge in [0.2, 0.25) is 5.91 Å². The first-order valence-corrected chi connectivity index (χ1v) is 14.5. The van der Waals surface area contributed by atoms with Crippen LogP contribution in [-0.2, 0) is 14.8 Å². The number of ether oxygens (including phenoxy) is 2. The van der Waals surface area contributed by atoms with Crippen LogP contribution in [0.1, 0.15) is 31.0 Å². The summed E-state index contributed by atoms with van der Waals surface area (Å²) in [5.74, 6) is 0.105. The minimum Gasteiger partial charge on any atom is -0.493 e. The first kappa shape index (κ1) is 28.2. The summed E-state index contributed by atoms with van der Waals surface area (Å²) in [4.78, 5) is 25.5. The van der Waals surface area contributed by atoms with Crippen molar-refractivity contribution in [1.82, 2.24) is 4.57 Å². The van der Waals surface area contributed by atoms with Crippen molar-refractivity contribution in [3.8, 4) is 11.5 Å². The van der Waals surface area contributed by atoms with Crippen molar-refractivity contribution < 1.29 is 22.7 Å². The van der Waals surface area contributed by atoms with Gasteiger partial charge in [-0.1, -0.05) is 17.4 Å². The third-order valence-corrected chi connectivity index (χ3v) is 8.83. The molecule has 9 nitrogen and oxygen atoms in total. The summed E-state index contributed by atoms with van der Waals surface area (Å²) in [5.41, 5.74) is 3.32. The van der Waals surface area contributed by atoms with Crippen molar-refractivity contribution in [3.05, 3.63) is 75.4 Å². The molecule has 0 unspecified atom stereocenters. The molecule has 0 saturated carbocycles. The van der Waals surface area contributed by atoms with Crippen LogP contribution in [-0.4, -0.2) is 39.7 Å². The molecule has 4 aromatic rings. The predicted molar refractivity (Wildman–Crippen MR) is 155 cm³/mol. The third-order valence-electron chi connectivity index (χ3n) is 6.14. The molecule has 0 saturated heterocycles. The molecule has 206 valence electrons. The minimum absolute atomic E-state index is 0.000166. The van der Waals surface area contributed by atoms with Crippen LogP contribution in [0.5, 0.6) is 11.5 Å². The lowest BCUT2D eigenvalue weighted by molar-refractivity contribution is -0.114. The van der Waals surface area contributed by atoms with Crippen molar-refractivity contribution in [2.24, 2.45) is 0 Å². The van der Waals surface area contributed by atoms with E-state index in [1.165, 1.54) is 32.4 Å². The fourth-order valence-corrected chi connectivity index (χ4v) is 6.92. The molecule has 0 radical (unpaired) electrons. The molecule has 1 heterocycles. The number of sulfonamides is 1. The van der Waals surface area contributed by atoms with Crippen molar-refractivity contribution in [2.75, 3.05) is 30.4 Å². The van der Waals surface area contributed by atoms with Crippen LogP contribution in [0.4, 0.5) is 11.4 Å². The van der Waals surface area contributed by atoms with E-state index in [0.717, 1.165) is 37.0 Å². The van der Waals surface area contributed by atoms with E-state index < -0.39 is 22.5 Å². The molecule has 0 fully saturated rings. The second-order valence-corrected chi connectivity index (χ2v) is 12.3. The van der Waals surface area contributed by atoms with E-state index in [-0.39, 0.29) is 21.6 Å². The van der Waals surface area contributed by atoms with Crippen LogP contribution >= 0.6 is 11.3 Å². The number of anilines is 2. The number of methoxy groups -OCH3 is 2. The molecule has 11 heteroatoms. The molecule has 0 aliphatic heterocycles. The fourth-order valence-electron chi connectivity index (χ4n) is 4.45. The molecule has 0 spiro atoms. The highest BCUT2D eigenvalue weighted by Gasteiger charge is 2.29. The van der Waals surface area contributed by atoms with Gasteiger partial charge in [-0.25, -0.2) is 8.42 Å². The van der Waals surface area contributed by atoms with Gasteiger partial charge < -0.3 is 14.8 Å². The number of fused-ring (bicyclic) bond motifs is 1. The van der Waals surface area contributed by atoms with Gasteiger partial charge in [-0.3, -0.25) is 18.5 Å². The number of rotatable bonds is 9. The molecule has 3 aromatic carbocycles. The van der Waals surface area contributed by atoms with E-state index in [4.69, 9.17) is 9.47 Å². The highest BCUT2D eigenvalue weighted by Crippen LogP contribution is 2.33. The topological polar surface area (TPSA) is 107 Å².